The smallest absolute Gasteiger partial charge is 0.428 e. The lowest BCUT2D eigenvalue weighted by Crippen LogP contribution is -2.52. The molecule has 156 valence electrons. The zero-order valence-electron chi connectivity index (χ0n) is 16.2. The Hall–Kier alpha value is -2.24. The molecule has 0 bridgehead atoms. The third-order valence-corrected chi connectivity index (χ3v) is 5.92. The number of aliphatic hydroxyl groups is 1. The lowest BCUT2D eigenvalue weighted by molar-refractivity contribution is -0.384. The number of sulfonamides is 1. The minimum absolute atomic E-state index is 0.0410. The second kappa shape index (κ2) is 8.02. The molecule has 28 heavy (non-hydrogen) atoms. The zero-order chi connectivity index (χ0) is 21.3. The van der Waals surface area contributed by atoms with E-state index in [2.05, 4.69) is 0 Å². The molecule has 11 heteroatoms. The molecule has 2 rings (SSSR count). The maximum absolute atomic E-state index is 13.2. The van der Waals surface area contributed by atoms with Crippen molar-refractivity contribution in [3.05, 3.63) is 34.4 Å². The second-order valence-electron chi connectivity index (χ2n) is 7.51. The van der Waals surface area contributed by atoms with Crippen LogP contribution >= 0.6 is 0 Å². The largest absolute Gasteiger partial charge is 0.443 e. The molecule has 1 heterocycles. The lowest BCUT2D eigenvalue weighted by Gasteiger charge is -2.33. The highest BCUT2D eigenvalue weighted by molar-refractivity contribution is 7.89. The van der Waals surface area contributed by atoms with Gasteiger partial charge >= 0.3 is 6.09 Å². The van der Waals surface area contributed by atoms with Crippen molar-refractivity contribution in [2.75, 3.05) is 0 Å². The molecule has 1 N–H and O–H groups in total. The van der Waals surface area contributed by atoms with Gasteiger partial charge in [0.2, 0.25) is 0 Å². The van der Waals surface area contributed by atoms with Gasteiger partial charge in [0.05, 0.1) is 15.9 Å². The van der Waals surface area contributed by atoms with Gasteiger partial charge in [-0.25, -0.2) is 13.2 Å². The Morgan fingerprint density at radius 1 is 1.32 bits per heavy atom. The lowest BCUT2D eigenvalue weighted by atomic mass is 10.1. The van der Waals surface area contributed by atoms with Crippen molar-refractivity contribution in [1.29, 1.82) is 0 Å². The van der Waals surface area contributed by atoms with E-state index in [4.69, 9.17) is 4.74 Å². The molecule has 0 unspecified atom stereocenters. The van der Waals surface area contributed by atoms with Gasteiger partial charge in [-0.15, -0.1) is 0 Å². The fourth-order valence-corrected chi connectivity index (χ4v) is 4.66. The summed E-state index contributed by atoms with van der Waals surface area (Å²) in [4.78, 5) is 22.6. The molecule has 10 nitrogen and oxygen atoms in total. The number of nitrogens with zero attached hydrogens (tertiary/aromatic N) is 3. The number of ether oxygens (including phenoxy) is 1. The van der Waals surface area contributed by atoms with Gasteiger partial charge in [-0.3, -0.25) is 10.1 Å². The molecule has 0 aliphatic carbocycles. The molecule has 2 atom stereocenters. The second-order valence-corrected chi connectivity index (χ2v) is 9.31. The first-order chi connectivity index (χ1) is 12.9. The summed E-state index contributed by atoms with van der Waals surface area (Å²) in [5.41, 5.74) is -1.14. The SMILES string of the molecule is CCC[C@@H]1C[C@@H](O)N(C(=O)OC(C)(C)C)N1S(=O)(=O)c1ccc([N+](=O)[O-])cc1. The highest BCUT2D eigenvalue weighted by atomic mass is 32.2. The molecule has 0 aromatic heterocycles. The third kappa shape index (κ3) is 4.59. The first-order valence-corrected chi connectivity index (χ1v) is 10.3. The maximum atomic E-state index is 13.2. The van der Waals surface area contributed by atoms with Crippen LogP contribution in [0.4, 0.5) is 10.5 Å². The van der Waals surface area contributed by atoms with E-state index in [-0.39, 0.29) is 17.0 Å². The topological polar surface area (TPSA) is 130 Å². The van der Waals surface area contributed by atoms with Crippen molar-refractivity contribution >= 4 is 21.8 Å². The number of carbonyl (C=O) groups is 1. The Morgan fingerprint density at radius 3 is 2.36 bits per heavy atom. The predicted octanol–water partition coefficient (Wildman–Crippen LogP) is 2.63. The number of hydrogen-bond acceptors (Lipinski definition) is 7. The number of hydrogen-bond donors (Lipinski definition) is 1. The molecule has 1 saturated heterocycles. The number of nitro benzene ring substituents is 1. The van der Waals surface area contributed by atoms with Crippen molar-refractivity contribution in [3.63, 3.8) is 0 Å². The van der Waals surface area contributed by atoms with Crippen LogP contribution in [0.15, 0.2) is 29.2 Å². The number of rotatable bonds is 5. The van der Waals surface area contributed by atoms with Gasteiger partial charge < -0.3 is 9.84 Å². The van der Waals surface area contributed by atoms with Crippen molar-refractivity contribution < 1.29 is 28.0 Å². The standard InChI is InChI=1S/C17H25N3O7S/c1-5-6-13-11-15(21)18(16(22)27-17(2,3)4)19(13)28(25,26)14-9-7-12(8-10-14)20(23)24/h7-10,13,15,21H,5-6,11H2,1-4H3/t13-,15-/m1/s1. The van der Waals surface area contributed by atoms with Crippen LogP contribution in [0.5, 0.6) is 0 Å². The summed E-state index contributed by atoms with van der Waals surface area (Å²) >= 11 is 0. The first kappa shape index (κ1) is 22.1. The molecule has 0 saturated carbocycles. The molecule has 1 aliphatic heterocycles. The average molecular weight is 415 g/mol. The third-order valence-electron chi connectivity index (χ3n) is 4.08. The van der Waals surface area contributed by atoms with Crippen LogP contribution in [-0.2, 0) is 14.8 Å². The zero-order valence-corrected chi connectivity index (χ0v) is 17.0. The van der Waals surface area contributed by atoms with Crippen LogP contribution in [0.25, 0.3) is 0 Å². The highest BCUT2D eigenvalue weighted by Gasteiger charge is 2.49. The van der Waals surface area contributed by atoms with Crippen molar-refractivity contribution in [2.24, 2.45) is 0 Å². The number of carbonyl (C=O) groups excluding carboxylic acids is 1. The normalized spacial score (nSPS) is 21.0. The van der Waals surface area contributed by atoms with E-state index in [0.717, 1.165) is 28.7 Å². The predicted molar refractivity (Wildman–Crippen MR) is 99.5 cm³/mol. The molecule has 1 aromatic rings. The van der Waals surface area contributed by atoms with E-state index in [1.807, 2.05) is 6.92 Å². The number of non-ortho nitro benzene ring substituents is 1. The quantitative estimate of drug-likeness (QED) is 0.578. The molecule has 0 spiro atoms. The van der Waals surface area contributed by atoms with Crippen LogP contribution in [0.3, 0.4) is 0 Å². The van der Waals surface area contributed by atoms with Crippen LogP contribution in [0, 0.1) is 10.1 Å². The summed E-state index contributed by atoms with van der Waals surface area (Å²) < 4.78 is 32.6. The van der Waals surface area contributed by atoms with Gasteiger partial charge in [-0.2, -0.15) is 5.01 Å². The van der Waals surface area contributed by atoms with Gasteiger partial charge in [0.15, 0.2) is 0 Å². The van der Waals surface area contributed by atoms with Gasteiger partial charge in [-0.05, 0) is 39.3 Å². The Bertz CT molecular complexity index is 833. The summed E-state index contributed by atoms with van der Waals surface area (Å²) in [7, 11) is -4.26. The van der Waals surface area contributed by atoms with Crippen molar-refractivity contribution in [3.8, 4) is 0 Å². The van der Waals surface area contributed by atoms with Crippen LogP contribution in [-0.4, -0.2) is 51.8 Å². The molecule has 1 fully saturated rings. The average Bonchev–Trinajstić information content (AvgIpc) is 2.90. The van der Waals surface area contributed by atoms with Gasteiger partial charge in [-0.1, -0.05) is 17.8 Å². The van der Waals surface area contributed by atoms with Gasteiger partial charge in [0.1, 0.15) is 11.8 Å². The van der Waals surface area contributed by atoms with Gasteiger partial charge in [0.25, 0.3) is 15.7 Å². The molecular weight excluding hydrogens is 390 g/mol. The number of amides is 1. The summed E-state index contributed by atoms with van der Waals surface area (Å²) in [5.74, 6) is 0. The van der Waals surface area contributed by atoms with E-state index in [9.17, 15) is 28.4 Å². The van der Waals surface area contributed by atoms with E-state index in [0.29, 0.717) is 17.9 Å². The molecule has 1 aliphatic rings. The molecular formula is C17H25N3O7S. The van der Waals surface area contributed by atoms with Crippen LogP contribution < -0.4 is 0 Å². The summed E-state index contributed by atoms with van der Waals surface area (Å²) in [6.45, 7) is 6.75. The van der Waals surface area contributed by atoms with E-state index in [1.165, 1.54) is 0 Å². The molecule has 0 radical (unpaired) electrons. The number of hydrazine groups is 1. The Labute approximate surface area is 163 Å². The summed E-state index contributed by atoms with van der Waals surface area (Å²) in [6, 6.07) is 3.72. The fourth-order valence-electron chi connectivity index (χ4n) is 2.97. The van der Waals surface area contributed by atoms with Crippen LogP contribution in [0.1, 0.15) is 47.0 Å². The van der Waals surface area contributed by atoms with Crippen LogP contribution in [0.2, 0.25) is 0 Å². The van der Waals surface area contributed by atoms with E-state index in [1.54, 1.807) is 20.8 Å². The number of benzene rings is 1. The van der Waals surface area contributed by atoms with E-state index < -0.39 is 38.9 Å². The molecule has 1 amide bonds. The summed E-state index contributed by atoms with van der Waals surface area (Å²) in [5, 5.41) is 21.9. The highest BCUT2D eigenvalue weighted by Crippen LogP contribution is 2.34. The minimum atomic E-state index is -4.26. The monoisotopic (exact) mass is 415 g/mol. The number of aliphatic hydroxyl groups excluding tert-OH is 1. The molecule has 1 aromatic carbocycles. The Morgan fingerprint density at radius 2 is 1.89 bits per heavy atom. The summed E-state index contributed by atoms with van der Waals surface area (Å²) in [6.07, 6.45) is -1.25. The first-order valence-electron chi connectivity index (χ1n) is 8.87. The maximum Gasteiger partial charge on any atom is 0.428 e. The van der Waals surface area contributed by atoms with E-state index >= 15 is 0 Å². The van der Waals surface area contributed by atoms with Gasteiger partial charge in [0, 0.05) is 18.6 Å². The number of nitro groups is 1. The Balaban J connectivity index is 2.47. The Kier molecular flexibility index (Phi) is 6.31. The minimum Gasteiger partial charge on any atom is -0.443 e. The fraction of sp³-hybridized carbons (Fsp3) is 0.588. The van der Waals surface area contributed by atoms with Crippen molar-refractivity contribution in [1.82, 2.24) is 9.42 Å². The van der Waals surface area contributed by atoms with Crippen molar-refractivity contribution in [2.45, 2.75) is 69.7 Å².